The zero-order valence-corrected chi connectivity index (χ0v) is 15.7. The summed E-state index contributed by atoms with van der Waals surface area (Å²) in [5.41, 5.74) is 8.85. The number of piperidine rings is 2. The lowest BCUT2D eigenvalue weighted by atomic mass is 9.91. The van der Waals surface area contributed by atoms with Gasteiger partial charge in [0.15, 0.2) is 0 Å². The molecule has 27 heavy (non-hydrogen) atoms. The number of hydrogen-bond acceptors (Lipinski definition) is 5. The Bertz CT molecular complexity index is 794. The second-order valence-electron chi connectivity index (χ2n) is 8.32. The monoisotopic (exact) mass is 370 g/mol. The van der Waals surface area contributed by atoms with Gasteiger partial charge >= 0.3 is 0 Å². The van der Waals surface area contributed by atoms with E-state index in [0.717, 1.165) is 43.6 Å². The number of nitrogens with one attached hydrogen (secondary N) is 1. The molecule has 2 fully saturated rings. The van der Waals surface area contributed by atoms with Gasteiger partial charge in [0.1, 0.15) is 6.04 Å². The summed E-state index contributed by atoms with van der Waals surface area (Å²) in [7, 11) is 0. The number of nitrogens with zero attached hydrogens (tertiary/aromatic N) is 2. The number of carbonyl (C=O) groups excluding carboxylic acids is 3. The van der Waals surface area contributed by atoms with E-state index in [-0.39, 0.29) is 29.7 Å². The summed E-state index contributed by atoms with van der Waals surface area (Å²) in [6.07, 6.45) is 2.61. The lowest BCUT2D eigenvalue weighted by molar-refractivity contribution is -0.136. The average Bonchev–Trinajstić information content (AvgIpc) is 2.93. The topological polar surface area (TPSA) is 95.7 Å². The minimum Gasteiger partial charge on any atom is -0.325 e. The molecule has 7 nitrogen and oxygen atoms in total. The summed E-state index contributed by atoms with van der Waals surface area (Å²) >= 11 is 0. The first-order valence-electron chi connectivity index (χ1n) is 9.60. The van der Waals surface area contributed by atoms with Gasteiger partial charge in [-0.1, -0.05) is 12.1 Å². The quantitative estimate of drug-likeness (QED) is 0.766. The number of carbonyl (C=O) groups is 3. The molecule has 0 spiro atoms. The molecule has 2 saturated heterocycles. The van der Waals surface area contributed by atoms with Crippen molar-refractivity contribution in [1.82, 2.24) is 15.1 Å². The highest BCUT2D eigenvalue weighted by molar-refractivity contribution is 6.05. The third-order valence-electron chi connectivity index (χ3n) is 6.00. The van der Waals surface area contributed by atoms with Gasteiger partial charge in [-0.25, -0.2) is 0 Å². The fourth-order valence-electron chi connectivity index (χ4n) is 4.18. The van der Waals surface area contributed by atoms with Crippen LogP contribution in [-0.2, 0) is 22.7 Å². The highest BCUT2D eigenvalue weighted by Gasteiger charge is 2.39. The third-order valence-corrected chi connectivity index (χ3v) is 6.00. The first-order valence-corrected chi connectivity index (χ1v) is 9.60. The molecule has 1 aromatic carbocycles. The van der Waals surface area contributed by atoms with Crippen molar-refractivity contribution < 1.29 is 14.4 Å². The van der Waals surface area contributed by atoms with Gasteiger partial charge in [0.25, 0.3) is 5.91 Å². The molecule has 0 radical (unpaired) electrons. The lowest BCUT2D eigenvalue weighted by Crippen LogP contribution is -2.52. The van der Waals surface area contributed by atoms with Gasteiger partial charge in [-0.3, -0.25) is 24.6 Å². The number of likely N-dealkylation sites (tertiary alicyclic amines) is 1. The van der Waals surface area contributed by atoms with Crippen molar-refractivity contribution in [2.75, 3.05) is 13.1 Å². The number of rotatable bonds is 3. The van der Waals surface area contributed by atoms with Crippen LogP contribution in [0.25, 0.3) is 0 Å². The van der Waals surface area contributed by atoms with E-state index in [4.69, 9.17) is 5.73 Å². The Kier molecular flexibility index (Phi) is 4.52. The van der Waals surface area contributed by atoms with Gasteiger partial charge in [-0.05, 0) is 43.4 Å². The van der Waals surface area contributed by atoms with Crippen molar-refractivity contribution in [2.45, 2.75) is 57.3 Å². The molecule has 3 amide bonds. The summed E-state index contributed by atoms with van der Waals surface area (Å²) in [4.78, 5) is 40.3. The highest BCUT2D eigenvalue weighted by atomic mass is 16.2. The highest BCUT2D eigenvalue weighted by Crippen LogP contribution is 2.29. The average molecular weight is 370 g/mol. The Labute approximate surface area is 158 Å². The summed E-state index contributed by atoms with van der Waals surface area (Å²) in [5, 5.41) is 2.34. The molecule has 0 saturated carbocycles. The van der Waals surface area contributed by atoms with Crippen molar-refractivity contribution in [1.29, 1.82) is 0 Å². The molecule has 0 aromatic heterocycles. The molecule has 144 valence electrons. The molecule has 7 heteroatoms. The zero-order chi connectivity index (χ0) is 19.2. The number of hydrogen-bond donors (Lipinski definition) is 2. The normalized spacial score (nSPS) is 25.5. The van der Waals surface area contributed by atoms with E-state index >= 15 is 0 Å². The fourth-order valence-corrected chi connectivity index (χ4v) is 4.18. The van der Waals surface area contributed by atoms with Crippen LogP contribution in [0.5, 0.6) is 0 Å². The number of fused-ring (bicyclic) bond motifs is 1. The minimum absolute atomic E-state index is 0.0765. The number of amides is 3. The van der Waals surface area contributed by atoms with Crippen molar-refractivity contribution in [2.24, 2.45) is 5.73 Å². The SMILES string of the molecule is CC1(N)CCN(Cc2ccc3c(c2)C(=O)N(C2CCC(=O)NC2=O)C3)CC1. The van der Waals surface area contributed by atoms with Crippen LogP contribution in [0.2, 0.25) is 0 Å². The zero-order valence-electron chi connectivity index (χ0n) is 15.7. The van der Waals surface area contributed by atoms with Crippen LogP contribution in [0, 0.1) is 0 Å². The Morgan fingerprint density at radius 2 is 1.96 bits per heavy atom. The molecule has 0 bridgehead atoms. The summed E-state index contributed by atoms with van der Waals surface area (Å²) in [6.45, 7) is 5.24. The van der Waals surface area contributed by atoms with E-state index in [0.29, 0.717) is 18.5 Å². The number of imide groups is 1. The van der Waals surface area contributed by atoms with Crippen molar-refractivity contribution in [3.8, 4) is 0 Å². The van der Waals surface area contributed by atoms with Crippen LogP contribution in [0.3, 0.4) is 0 Å². The van der Waals surface area contributed by atoms with E-state index in [1.165, 1.54) is 0 Å². The Morgan fingerprint density at radius 1 is 1.22 bits per heavy atom. The molecule has 1 aromatic rings. The molecular formula is C20H26N4O3. The molecule has 3 aliphatic rings. The maximum absolute atomic E-state index is 12.9. The van der Waals surface area contributed by atoms with Crippen molar-refractivity contribution in [3.63, 3.8) is 0 Å². The van der Waals surface area contributed by atoms with E-state index in [2.05, 4.69) is 23.2 Å². The molecule has 1 unspecified atom stereocenters. The third kappa shape index (κ3) is 3.61. The molecular weight excluding hydrogens is 344 g/mol. The van der Waals surface area contributed by atoms with E-state index in [9.17, 15) is 14.4 Å². The van der Waals surface area contributed by atoms with Crippen LogP contribution < -0.4 is 11.1 Å². The Morgan fingerprint density at radius 3 is 2.67 bits per heavy atom. The summed E-state index contributed by atoms with van der Waals surface area (Å²) in [5.74, 6) is -0.752. The standard InChI is InChI=1S/C20H26N4O3/c1-20(21)6-8-23(9-7-20)11-13-2-3-14-12-24(19(27)15(14)10-13)16-4-5-17(25)22-18(16)26/h2-3,10,16H,4-9,11-12,21H2,1H3,(H,22,25,26). The maximum atomic E-state index is 12.9. The second-order valence-corrected chi connectivity index (χ2v) is 8.32. The lowest BCUT2D eigenvalue weighted by Gasteiger charge is -2.36. The Balaban J connectivity index is 1.45. The molecule has 4 rings (SSSR count). The molecule has 3 aliphatic heterocycles. The summed E-state index contributed by atoms with van der Waals surface area (Å²) in [6, 6.07) is 5.46. The van der Waals surface area contributed by atoms with Gasteiger partial charge in [0, 0.05) is 43.7 Å². The first-order chi connectivity index (χ1) is 12.8. The number of benzene rings is 1. The van der Waals surface area contributed by atoms with E-state index in [1.54, 1.807) is 4.90 Å². The van der Waals surface area contributed by atoms with Crippen molar-refractivity contribution in [3.05, 3.63) is 34.9 Å². The molecule has 0 aliphatic carbocycles. The van der Waals surface area contributed by atoms with Gasteiger partial charge in [-0.15, -0.1) is 0 Å². The molecule has 3 heterocycles. The van der Waals surface area contributed by atoms with Crippen LogP contribution in [0.1, 0.15) is 54.1 Å². The first kappa shape index (κ1) is 18.1. The summed E-state index contributed by atoms with van der Waals surface area (Å²) < 4.78 is 0. The van der Waals surface area contributed by atoms with Crippen LogP contribution in [0.15, 0.2) is 18.2 Å². The van der Waals surface area contributed by atoms with E-state index in [1.807, 2.05) is 12.1 Å². The fraction of sp³-hybridized carbons (Fsp3) is 0.550. The van der Waals surface area contributed by atoms with E-state index < -0.39 is 6.04 Å². The molecule has 3 N–H and O–H groups in total. The largest absolute Gasteiger partial charge is 0.325 e. The Hall–Kier alpha value is -2.25. The second kappa shape index (κ2) is 6.73. The molecule has 1 atom stereocenters. The predicted molar refractivity (Wildman–Crippen MR) is 99.6 cm³/mol. The van der Waals surface area contributed by atoms with Gasteiger partial charge in [0.05, 0.1) is 0 Å². The smallest absolute Gasteiger partial charge is 0.255 e. The van der Waals surface area contributed by atoms with Crippen LogP contribution in [-0.4, -0.2) is 52.2 Å². The van der Waals surface area contributed by atoms with Crippen LogP contribution in [0.4, 0.5) is 0 Å². The van der Waals surface area contributed by atoms with Gasteiger partial charge < -0.3 is 10.6 Å². The van der Waals surface area contributed by atoms with Crippen molar-refractivity contribution >= 4 is 17.7 Å². The van der Waals surface area contributed by atoms with Crippen LogP contribution >= 0.6 is 0 Å². The van der Waals surface area contributed by atoms with Gasteiger partial charge in [-0.2, -0.15) is 0 Å². The maximum Gasteiger partial charge on any atom is 0.255 e. The minimum atomic E-state index is -0.560. The van der Waals surface area contributed by atoms with Gasteiger partial charge in [0.2, 0.25) is 11.8 Å². The predicted octanol–water partition coefficient (Wildman–Crippen LogP) is 0.761. The number of nitrogens with two attached hydrogens (primary N) is 1.